The third kappa shape index (κ3) is 2.13. The first kappa shape index (κ1) is 13.9. The fourth-order valence-electron chi connectivity index (χ4n) is 2.81. The van der Waals surface area contributed by atoms with Crippen molar-refractivity contribution in [3.63, 3.8) is 0 Å². The maximum atomic E-state index is 10.9. The highest BCUT2D eigenvalue weighted by Crippen LogP contribution is 2.30. The van der Waals surface area contributed by atoms with Gasteiger partial charge in [0.25, 0.3) is 0 Å². The minimum Gasteiger partial charge on any atom is -0.544 e. The van der Waals surface area contributed by atoms with Gasteiger partial charge in [-0.2, -0.15) is 5.26 Å². The minimum atomic E-state index is -1.46. The highest BCUT2D eigenvalue weighted by Gasteiger charge is 2.09. The second-order valence-electron chi connectivity index (χ2n) is 5.00. The number of hydrogen-bond donors (Lipinski definition) is 0. The van der Waals surface area contributed by atoms with Crippen LogP contribution in [0.25, 0.3) is 27.9 Å². The van der Waals surface area contributed by atoms with Crippen molar-refractivity contribution in [2.75, 3.05) is 0 Å². The molecule has 22 heavy (non-hydrogen) atoms. The van der Waals surface area contributed by atoms with E-state index in [1.54, 1.807) is 6.07 Å². The van der Waals surface area contributed by atoms with Crippen molar-refractivity contribution in [1.29, 1.82) is 5.26 Å². The molecule has 0 unspecified atom stereocenters. The Balaban J connectivity index is 2.29. The predicted molar refractivity (Wildman–Crippen MR) is 83.7 cm³/mol. The Morgan fingerprint density at radius 2 is 1.95 bits per heavy atom. The van der Waals surface area contributed by atoms with Crippen molar-refractivity contribution >= 4 is 33.9 Å². The van der Waals surface area contributed by atoms with Crippen molar-refractivity contribution < 1.29 is 9.90 Å². The van der Waals surface area contributed by atoms with Crippen LogP contribution in [0.5, 0.6) is 0 Å². The molecule has 0 aliphatic carbocycles. The Morgan fingerprint density at radius 3 is 2.64 bits per heavy atom. The third-order valence-corrected chi connectivity index (χ3v) is 3.76. The van der Waals surface area contributed by atoms with Crippen LogP contribution in [0.15, 0.2) is 48.0 Å². The van der Waals surface area contributed by atoms with Gasteiger partial charge in [-0.05, 0) is 36.8 Å². The molecule has 0 fully saturated rings. The Hall–Kier alpha value is -3.06. The van der Waals surface area contributed by atoms with E-state index in [1.807, 2.05) is 36.4 Å². The number of carboxylic acid groups (broad SMARTS) is 1. The van der Waals surface area contributed by atoms with E-state index in [9.17, 15) is 9.90 Å². The van der Waals surface area contributed by atoms with Gasteiger partial charge in [-0.1, -0.05) is 24.3 Å². The summed E-state index contributed by atoms with van der Waals surface area (Å²) in [5.41, 5.74) is 2.53. The molecular weight excluding hydrogens is 276 g/mol. The van der Waals surface area contributed by atoms with Crippen molar-refractivity contribution in [2.24, 2.45) is 0 Å². The van der Waals surface area contributed by atoms with Gasteiger partial charge in [0.2, 0.25) is 0 Å². The van der Waals surface area contributed by atoms with Gasteiger partial charge in [-0.3, -0.25) is 0 Å². The molecule has 0 amide bonds. The quantitative estimate of drug-likeness (QED) is 0.549. The molecule has 108 valence electrons. The number of fused-ring (bicyclic) bond motifs is 3. The molecule has 4 nitrogen and oxygen atoms in total. The Labute approximate surface area is 127 Å². The van der Waals surface area contributed by atoms with E-state index in [1.165, 1.54) is 6.08 Å². The third-order valence-electron chi connectivity index (χ3n) is 3.76. The molecule has 0 spiro atoms. The first-order chi connectivity index (χ1) is 10.7. The molecule has 0 aliphatic heterocycles. The lowest BCUT2D eigenvalue weighted by Crippen LogP contribution is -2.23. The van der Waals surface area contributed by atoms with Gasteiger partial charge in [0.05, 0.1) is 11.5 Å². The van der Waals surface area contributed by atoms with Gasteiger partial charge in [0.15, 0.2) is 0 Å². The van der Waals surface area contributed by atoms with Crippen molar-refractivity contribution in [1.82, 2.24) is 4.57 Å². The Morgan fingerprint density at radius 1 is 1.23 bits per heavy atom. The van der Waals surface area contributed by atoms with Crippen molar-refractivity contribution in [3.8, 4) is 6.07 Å². The second-order valence-corrected chi connectivity index (χ2v) is 5.00. The van der Waals surface area contributed by atoms with E-state index in [0.29, 0.717) is 5.56 Å². The Bertz CT molecular complexity index is 958. The number of carbonyl (C=O) groups is 1. The number of nitriles is 1. The summed E-state index contributed by atoms with van der Waals surface area (Å²) in [6.45, 7) is 2.94. The second kappa shape index (κ2) is 5.38. The van der Waals surface area contributed by atoms with Crippen LogP contribution in [0, 0.1) is 11.3 Å². The van der Waals surface area contributed by atoms with E-state index in [4.69, 9.17) is 5.26 Å². The highest BCUT2D eigenvalue weighted by atomic mass is 16.4. The Kier molecular flexibility index (Phi) is 3.40. The van der Waals surface area contributed by atoms with Crippen LogP contribution in [-0.4, -0.2) is 10.5 Å². The number of carbonyl (C=O) groups excluding carboxylic acids is 1. The average molecular weight is 289 g/mol. The van der Waals surface area contributed by atoms with Gasteiger partial charge in [0.1, 0.15) is 6.07 Å². The van der Waals surface area contributed by atoms with Crippen LogP contribution in [0.4, 0.5) is 0 Å². The normalized spacial score (nSPS) is 11.7. The smallest absolute Gasteiger partial charge is 0.101 e. The summed E-state index contributed by atoms with van der Waals surface area (Å²) in [6, 6.07) is 15.4. The van der Waals surface area contributed by atoms with Crippen LogP contribution in [0.2, 0.25) is 0 Å². The molecule has 0 saturated carbocycles. The molecule has 0 N–H and O–H groups in total. The fourth-order valence-corrected chi connectivity index (χ4v) is 2.81. The van der Waals surface area contributed by atoms with Crippen molar-refractivity contribution in [3.05, 3.63) is 53.6 Å². The number of para-hydroxylation sites is 1. The van der Waals surface area contributed by atoms with E-state index < -0.39 is 5.97 Å². The fraction of sp³-hybridized carbons (Fsp3) is 0.111. The SMILES string of the molecule is CCn1c2ccccc2c2cc(/C=C(\C#N)C(=O)[O-])ccc21. The number of carboxylic acids is 1. The van der Waals surface area contributed by atoms with E-state index in [2.05, 4.69) is 17.6 Å². The molecule has 0 saturated heterocycles. The first-order valence-corrected chi connectivity index (χ1v) is 7.00. The van der Waals surface area contributed by atoms with Crippen molar-refractivity contribution in [2.45, 2.75) is 13.5 Å². The molecule has 0 aliphatic rings. The molecular formula is C18H13N2O2-. The van der Waals surface area contributed by atoms with Gasteiger partial charge in [-0.15, -0.1) is 0 Å². The summed E-state index contributed by atoms with van der Waals surface area (Å²) in [4.78, 5) is 10.9. The molecule has 1 aromatic heterocycles. The molecule has 2 aromatic carbocycles. The van der Waals surface area contributed by atoms with Gasteiger partial charge >= 0.3 is 0 Å². The number of hydrogen-bond acceptors (Lipinski definition) is 3. The van der Waals surface area contributed by atoms with Crippen LogP contribution in [0.1, 0.15) is 12.5 Å². The molecule has 4 heteroatoms. The summed E-state index contributed by atoms with van der Waals surface area (Å²) in [7, 11) is 0. The molecule has 3 rings (SSSR count). The van der Waals surface area contributed by atoms with Crippen LogP contribution >= 0.6 is 0 Å². The number of aryl methyl sites for hydroxylation is 1. The van der Waals surface area contributed by atoms with Crippen LogP contribution in [-0.2, 0) is 11.3 Å². The van der Waals surface area contributed by atoms with E-state index in [0.717, 1.165) is 28.4 Å². The maximum absolute atomic E-state index is 10.9. The zero-order valence-electron chi connectivity index (χ0n) is 12.0. The lowest BCUT2D eigenvalue weighted by Gasteiger charge is -2.03. The topological polar surface area (TPSA) is 68.8 Å². The molecule has 0 bridgehead atoms. The van der Waals surface area contributed by atoms with Crippen LogP contribution < -0.4 is 5.11 Å². The highest BCUT2D eigenvalue weighted by molar-refractivity contribution is 6.09. The number of rotatable bonds is 3. The lowest BCUT2D eigenvalue weighted by molar-refractivity contribution is -0.298. The molecule has 3 aromatic rings. The average Bonchev–Trinajstić information content (AvgIpc) is 2.85. The maximum Gasteiger partial charge on any atom is 0.101 e. The lowest BCUT2D eigenvalue weighted by atomic mass is 10.1. The standard InChI is InChI=1S/C18H14N2O2/c1-2-20-16-6-4-3-5-14(16)15-10-12(7-8-17(15)20)9-13(11-19)18(21)22/h3-10H,2H2,1H3,(H,21,22)/p-1/b13-9+. The summed E-state index contributed by atoms with van der Waals surface area (Å²) in [5.74, 6) is -1.46. The van der Waals surface area contributed by atoms with E-state index >= 15 is 0 Å². The zero-order valence-corrected chi connectivity index (χ0v) is 12.0. The number of aliphatic carboxylic acids is 1. The summed E-state index contributed by atoms with van der Waals surface area (Å²) < 4.78 is 2.21. The predicted octanol–water partition coefficient (Wildman–Crippen LogP) is 2.47. The van der Waals surface area contributed by atoms with Crippen LogP contribution in [0.3, 0.4) is 0 Å². The molecule has 0 radical (unpaired) electrons. The molecule has 0 atom stereocenters. The molecule has 1 heterocycles. The summed E-state index contributed by atoms with van der Waals surface area (Å²) in [6.07, 6.45) is 1.34. The van der Waals surface area contributed by atoms with Gasteiger partial charge < -0.3 is 14.5 Å². The summed E-state index contributed by atoms with van der Waals surface area (Å²) >= 11 is 0. The van der Waals surface area contributed by atoms with Gasteiger partial charge in [0, 0.05) is 28.4 Å². The van der Waals surface area contributed by atoms with E-state index in [-0.39, 0.29) is 5.57 Å². The van der Waals surface area contributed by atoms with Gasteiger partial charge in [-0.25, -0.2) is 0 Å². The number of nitrogens with zero attached hydrogens (tertiary/aromatic N) is 2. The largest absolute Gasteiger partial charge is 0.544 e. The number of aromatic nitrogens is 1. The zero-order chi connectivity index (χ0) is 15.7. The minimum absolute atomic E-state index is 0.376. The summed E-state index contributed by atoms with van der Waals surface area (Å²) in [5, 5.41) is 21.9. The first-order valence-electron chi connectivity index (χ1n) is 7.00. The monoisotopic (exact) mass is 289 g/mol. The number of benzene rings is 2.